The maximum Gasteiger partial charge on any atom is 0.253 e. The zero-order valence-electron chi connectivity index (χ0n) is 10.2. The summed E-state index contributed by atoms with van der Waals surface area (Å²) in [5.41, 5.74) is 0.520. The number of halogens is 1. The Morgan fingerprint density at radius 2 is 2.11 bits per heavy atom. The Bertz CT molecular complexity index is 442. The summed E-state index contributed by atoms with van der Waals surface area (Å²) in [5.74, 6) is 0.0555. The number of nitrogens with zero attached hydrogens (tertiary/aromatic N) is 1. The quantitative estimate of drug-likeness (QED) is 0.912. The smallest absolute Gasteiger partial charge is 0.253 e. The number of piperidine rings is 1. The summed E-state index contributed by atoms with van der Waals surface area (Å²) in [6.07, 6.45) is 1.99. The fraction of sp³-hybridized carbons (Fsp3) is 0.462. The number of carbonyl (C=O) groups is 1. The standard InChI is InChI=1S/C13H16BrNO3/c1-18-10-4-6-15(7-5-10)13(17)9-2-3-11(14)12(16)8-9/h2-3,8,10,16H,4-7H2,1H3. The van der Waals surface area contributed by atoms with Gasteiger partial charge in [0.05, 0.1) is 10.6 Å². The highest BCUT2D eigenvalue weighted by Crippen LogP contribution is 2.25. The Morgan fingerprint density at radius 3 is 2.67 bits per heavy atom. The molecule has 1 aromatic carbocycles. The molecule has 0 radical (unpaired) electrons. The van der Waals surface area contributed by atoms with Gasteiger partial charge in [0.1, 0.15) is 5.75 Å². The van der Waals surface area contributed by atoms with Crippen molar-refractivity contribution >= 4 is 21.8 Å². The van der Waals surface area contributed by atoms with E-state index >= 15 is 0 Å². The summed E-state index contributed by atoms with van der Waals surface area (Å²) in [6.45, 7) is 1.41. The van der Waals surface area contributed by atoms with Crippen LogP contribution in [0.3, 0.4) is 0 Å². The number of likely N-dealkylation sites (tertiary alicyclic amines) is 1. The topological polar surface area (TPSA) is 49.8 Å². The van der Waals surface area contributed by atoms with Gasteiger partial charge in [0.25, 0.3) is 5.91 Å². The van der Waals surface area contributed by atoms with Crippen molar-refractivity contribution in [2.24, 2.45) is 0 Å². The second-order valence-electron chi connectivity index (χ2n) is 4.39. The van der Waals surface area contributed by atoms with Gasteiger partial charge >= 0.3 is 0 Å². The van der Waals surface area contributed by atoms with Crippen LogP contribution in [0.15, 0.2) is 22.7 Å². The molecule has 4 nitrogen and oxygen atoms in total. The summed E-state index contributed by atoms with van der Waals surface area (Å²) >= 11 is 3.20. The lowest BCUT2D eigenvalue weighted by atomic mass is 10.1. The third-order valence-corrected chi connectivity index (χ3v) is 3.93. The van der Waals surface area contributed by atoms with Crippen LogP contribution >= 0.6 is 15.9 Å². The summed E-state index contributed by atoms with van der Waals surface area (Å²) in [4.78, 5) is 14.0. The first-order valence-electron chi connectivity index (χ1n) is 5.92. The molecule has 0 bridgehead atoms. The lowest BCUT2D eigenvalue weighted by Gasteiger charge is -2.31. The highest BCUT2D eigenvalue weighted by molar-refractivity contribution is 9.10. The Hall–Kier alpha value is -1.07. The van der Waals surface area contributed by atoms with E-state index < -0.39 is 0 Å². The van der Waals surface area contributed by atoms with Gasteiger partial charge in [0.2, 0.25) is 0 Å². The molecule has 1 saturated heterocycles. The molecule has 2 rings (SSSR count). The molecule has 0 spiro atoms. The van der Waals surface area contributed by atoms with E-state index in [-0.39, 0.29) is 17.8 Å². The number of amides is 1. The van der Waals surface area contributed by atoms with E-state index in [2.05, 4.69) is 15.9 Å². The number of carbonyl (C=O) groups excluding carboxylic acids is 1. The van der Waals surface area contributed by atoms with Gasteiger partial charge in [-0.15, -0.1) is 0 Å². The first kappa shape index (κ1) is 13.4. The number of ether oxygens (including phenoxy) is 1. The van der Waals surface area contributed by atoms with Crippen LogP contribution in [0.25, 0.3) is 0 Å². The second kappa shape index (κ2) is 5.71. The first-order chi connectivity index (χ1) is 8.61. The van der Waals surface area contributed by atoms with Crippen molar-refractivity contribution in [2.45, 2.75) is 18.9 Å². The first-order valence-corrected chi connectivity index (χ1v) is 6.71. The van der Waals surface area contributed by atoms with Gasteiger partial charge in [-0.1, -0.05) is 0 Å². The number of phenols is 1. The van der Waals surface area contributed by atoms with Crippen LogP contribution in [-0.4, -0.2) is 42.2 Å². The van der Waals surface area contributed by atoms with Crippen LogP contribution in [-0.2, 0) is 4.74 Å². The largest absolute Gasteiger partial charge is 0.507 e. The fourth-order valence-corrected chi connectivity index (χ4v) is 2.37. The van der Waals surface area contributed by atoms with E-state index in [0.717, 1.165) is 12.8 Å². The van der Waals surface area contributed by atoms with Crippen molar-refractivity contribution in [3.63, 3.8) is 0 Å². The summed E-state index contributed by atoms with van der Waals surface area (Å²) < 4.78 is 5.87. The Balaban J connectivity index is 2.05. The molecule has 1 fully saturated rings. The number of hydrogen-bond acceptors (Lipinski definition) is 3. The Kier molecular flexibility index (Phi) is 4.24. The number of methoxy groups -OCH3 is 1. The third kappa shape index (κ3) is 2.84. The van der Waals surface area contributed by atoms with E-state index in [4.69, 9.17) is 4.74 Å². The maximum atomic E-state index is 12.2. The van der Waals surface area contributed by atoms with Crippen molar-refractivity contribution in [1.29, 1.82) is 0 Å². The SMILES string of the molecule is COC1CCN(C(=O)c2ccc(Br)c(O)c2)CC1. The van der Waals surface area contributed by atoms with Crippen LogP contribution in [0.2, 0.25) is 0 Å². The number of hydrogen-bond donors (Lipinski definition) is 1. The molecule has 1 aliphatic heterocycles. The van der Waals surface area contributed by atoms with Crippen molar-refractivity contribution in [3.8, 4) is 5.75 Å². The molecule has 5 heteroatoms. The normalized spacial score (nSPS) is 16.9. The predicted octanol–water partition coefficient (Wildman–Crippen LogP) is 2.41. The van der Waals surface area contributed by atoms with Crippen molar-refractivity contribution in [3.05, 3.63) is 28.2 Å². The monoisotopic (exact) mass is 313 g/mol. The second-order valence-corrected chi connectivity index (χ2v) is 5.25. The number of rotatable bonds is 2. The van der Waals surface area contributed by atoms with Crippen LogP contribution in [0.1, 0.15) is 23.2 Å². The minimum atomic E-state index is -0.0349. The van der Waals surface area contributed by atoms with Crippen LogP contribution < -0.4 is 0 Å². The molecule has 1 aliphatic rings. The highest BCUT2D eigenvalue weighted by Gasteiger charge is 2.23. The molecule has 0 unspecified atom stereocenters. The van der Waals surface area contributed by atoms with Crippen LogP contribution in [0.5, 0.6) is 5.75 Å². The third-order valence-electron chi connectivity index (χ3n) is 3.26. The highest BCUT2D eigenvalue weighted by atomic mass is 79.9. The average molecular weight is 314 g/mol. The summed E-state index contributed by atoms with van der Waals surface area (Å²) in [5, 5.41) is 9.59. The molecular weight excluding hydrogens is 298 g/mol. The molecule has 1 N–H and O–H groups in total. The maximum absolute atomic E-state index is 12.2. The van der Waals surface area contributed by atoms with Crippen molar-refractivity contribution in [2.75, 3.05) is 20.2 Å². The van der Waals surface area contributed by atoms with Crippen LogP contribution in [0, 0.1) is 0 Å². The van der Waals surface area contributed by atoms with Crippen LogP contribution in [0.4, 0.5) is 0 Å². The van der Waals surface area contributed by atoms with E-state index in [1.54, 1.807) is 24.1 Å². The van der Waals surface area contributed by atoms with Gasteiger partial charge in [-0.2, -0.15) is 0 Å². The van der Waals surface area contributed by atoms with Gasteiger partial charge in [0, 0.05) is 25.8 Å². The van der Waals surface area contributed by atoms with Gasteiger partial charge in [-0.3, -0.25) is 4.79 Å². The van der Waals surface area contributed by atoms with Gasteiger partial charge in [0.15, 0.2) is 0 Å². The molecular formula is C13H16BrNO3. The molecule has 1 heterocycles. The van der Waals surface area contributed by atoms with E-state index in [9.17, 15) is 9.90 Å². The summed E-state index contributed by atoms with van der Waals surface area (Å²) in [6, 6.07) is 4.90. The zero-order chi connectivity index (χ0) is 13.1. The minimum Gasteiger partial charge on any atom is -0.507 e. The lowest BCUT2D eigenvalue weighted by molar-refractivity contribution is 0.0350. The van der Waals surface area contributed by atoms with E-state index in [0.29, 0.717) is 23.1 Å². The molecule has 0 atom stereocenters. The predicted molar refractivity (Wildman–Crippen MR) is 71.7 cm³/mol. The molecule has 1 amide bonds. The molecule has 0 aromatic heterocycles. The van der Waals surface area contributed by atoms with Gasteiger partial charge in [-0.05, 0) is 47.0 Å². The molecule has 18 heavy (non-hydrogen) atoms. The Morgan fingerprint density at radius 1 is 1.44 bits per heavy atom. The molecule has 0 aliphatic carbocycles. The molecule has 0 saturated carbocycles. The number of aromatic hydroxyl groups is 1. The zero-order valence-corrected chi connectivity index (χ0v) is 11.8. The molecule has 98 valence electrons. The fourth-order valence-electron chi connectivity index (χ4n) is 2.12. The van der Waals surface area contributed by atoms with Gasteiger partial charge in [-0.25, -0.2) is 0 Å². The van der Waals surface area contributed by atoms with E-state index in [1.807, 2.05) is 0 Å². The summed E-state index contributed by atoms with van der Waals surface area (Å²) in [7, 11) is 1.70. The van der Waals surface area contributed by atoms with E-state index in [1.165, 1.54) is 6.07 Å². The number of phenolic OH excluding ortho intramolecular Hbond substituents is 1. The lowest BCUT2D eigenvalue weighted by Crippen LogP contribution is -2.40. The molecule has 1 aromatic rings. The minimum absolute atomic E-state index is 0.0349. The average Bonchev–Trinajstić information content (AvgIpc) is 2.41. The number of benzene rings is 1. The van der Waals surface area contributed by atoms with Crippen molar-refractivity contribution in [1.82, 2.24) is 4.90 Å². The Labute approximate surface area is 115 Å². The van der Waals surface area contributed by atoms with Gasteiger partial charge < -0.3 is 14.7 Å². The van der Waals surface area contributed by atoms with Crippen molar-refractivity contribution < 1.29 is 14.6 Å².